The third-order valence-corrected chi connectivity index (χ3v) is 20.4. The van der Waals surface area contributed by atoms with Crippen molar-refractivity contribution < 1.29 is 0 Å². The Hall–Kier alpha value is -11.6. The Morgan fingerprint density at radius 3 is 0.903 bits per heavy atom. The third kappa shape index (κ3) is 8.56. The number of fused-ring (bicyclic) bond motifs is 17. The molecule has 0 radical (unpaired) electrons. The van der Waals surface area contributed by atoms with Crippen LogP contribution in [0.25, 0.3) is 131 Å². The summed E-state index contributed by atoms with van der Waals surface area (Å²) in [5.41, 5.74) is 21.2. The molecule has 93 heavy (non-hydrogen) atoms. The number of hydrogen-bond acceptors (Lipinski definition) is 2. The van der Waals surface area contributed by atoms with E-state index >= 15 is 0 Å². The van der Waals surface area contributed by atoms with E-state index in [4.69, 9.17) is 0 Å². The van der Waals surface area contributed by atoms with Crippen LogP contribution in [0.5, 0.6) is 0 Å². The Labute approximate surface area is 542 Å². The molecule has 0 aromatic heterocycles. The minimum Gasteiger partial charge on any atom is -0.309 e. The first-order valence-corrected chi connectivity index (χ1v) is 32.6. The number of aryl methyl sites for hydroxylation is 2. The number of nitrogens with zero attached hydrogens (tertiary/aromatic N) is 2. The SMILES string of the molecule is Cc1cc(N(c2ccc(-c3ccccc3)cc2)c2c3ccccc3c(N(c3ccc(-c4ccccc4)cc3)c3ccc4c(c3)C(C)(C)c3cc5c6ccccc6c6ccccc6c5cc3-4)c3ccccc23)ccc1-c1cc2c3ccccc3c3ccccc3c2cc1C. The highest BCUT2D eigenvalue weighted by Gasteiger charge is 2.37. The van der Waals surface area contributed by atoms with Gasteiger partial charge in [-0.2, -0.15) is 0 Å². The highest BCUT2D eigenvalue weighted by Crippen LogP contribution is 2.56. The van der Waals surface area contributed by atoms with E-state index in [-0.39, 0.29) is 5.41 Å². The van der Waals surface area contributed by atoms with Gasteiger partial charge in [0, 0.05) is 49.7 Å². The molecule has 0 atom stereocenters. The molecular weight excluding hydrogens is 1120 g/mol. The van der Waals surface area contributed by atoms with Gasteiger partial charge in [0.2, 0.25) is 0 Å². The summed E-state index contributed by atoms with van der Waals surface area (Å²) in [6.07, 6.45) is 0. The zero-order chi connectivity index (χ0) is 62.1. The second-order valence-corrected chi connectivity index (χ2v) is 26.0. The van der Waals surface area contributed by atoms with Crippen molar-refractivity contribution >= 4 is 120 Å². The van der Waals surface area contributed by atoms with Crippen molar-refractivity contribution in [2.24, 2.45) is 0 Å². The summed E-state index contributed by atoms with van der Waals surface area (Å²) < 4.78 is 0. The largest absolute Gasteiger partial charge is 0.309 e. The maximum absolute atomic E-state index is 2.55. The summed E-state index contributed by atoms with van der Waals surface area (Å²) in [4.78, 5) is 5.08. The lowest BCUT2D eigenvalue weighted by molar-refractivity contribution is 0.661. The molecule has 2 nitrogen and oxygen atoms in total. The Morgan fingerprint density at radius 1 is 0.204 bits per heavy atom. The Balaban J connectivity index is 0.846. The molecular formula is C91H64N2. The van der Waals surface area contributed by atoms with Crippen LogP contribution in [0.3, 0.4) is 0 Å². The van der Waals surface area contributed by atoms with E-state index in [0.29, 0.717) is 0 Å². The van der Waals surface area contributed by atoms with Gasteiger partial charge in [-0.1, -0.05) is 263 Å². The van der Waals surface area contributed by atoms with Gasteiger partial charge in [0.15, 0.2) is 0 Å². The Morgan fingerprint density at radius 2 is 0.495 bits per heavy atom. The summed E-state index contributed by atoms with van der Waals surface area (Å²) in [5.74, 6) is 0. The van der Waals surface area contributed by atoms with Crippen molar-refractivity contribution in [3.63, 3.8) is 0 Å². The van der Waals surface area contributed by atoms with E-state index in [0.717, 1.165) is 55.7 Å². The molecule has 438 valence electrons. The molecule has 17 aromatic rings. The molecule has 0 saturated heterocycles. The van der Waals surface area contributed by atoms with Crippen molar-refractivity contribution in [1.82, 2.24) is 0 Å². The first-order valence-electron chi connectivity index (χ1n) is 32.6. The molecule has 0 bridgehead atoms. The molecule has 2 heteroatoms. The first kappa shape index (κ1) is 54.4. The molecule has 0 unspecified atom stereocenters. The zero-order valence-electron chi connectivity index (χ0n) is 52.4. The van der Waals surface area contributed by atoms with Crippen LogP contribution in [0.4, 0.5) is 34.1 Å². The average molecular weight is 1190 g/mol. The summed E-state index contributed by atoms with van der Waals surface area (Å²) in [7, 11) is 0. The van der Waals surface area contributed by atoms with Crippen molar-refractivity contribution in [3.05, 3.63) is 338 Å². The van der Waals surface area contributed by atoms with E-state index in [1.807, 2.05) is 0 Å². The second kappa shape index (κ2) is 21.3. The fourth-order valence-corrected chi connectivity index (χ4v) is 15.9. The van der Waals surface area contributed by atoms with Crippen LogP contribution in [-0.2, 0) is 5.41 Å². The number of anilines is 6. The summed E-state index contributed by atoms with van der Waals surface area (Å²) in [6, 6.07) is 118. The standard InChI is InChI=1S/C91H64N2/c1-57-51-65(47-49-67(57)81-54-83-73-32-16-12-28-69(73)68-27-11-15-31-72(68)82(83)52-58(81)2)92(63-43-39-61(40-44-63)59-23-7-5-8-24-59)89-77-35-19-21-37-79(77)90(80-38-22-20-36-78(80)89)93(64-45-41-62(42-46-64)60-25-9-6-10-26-60)66-48-50-76-86-55-84-74-33-17-13-29-70(74)71-30-14-18-34-75(71)85(84)56-88(86)91(3,4)87(76)53-66/h5-56H,1-4H3. The van der Waals surface area contributed by atoms with Gasteiger partial charge in [-0.25, -0.2) is 0 Å². The maximum Gasteiger partial charge on any atom is 0.0619 e. The quantitative estimate of drug-likeness (QED) is 0.0807. The van der Waals surface area contributed by atoms with E-state index in [1.54, 1.807) is 0 Å². The van der Waals surface area contributed by atoms with Crippen LogP contribution in [0, 0.1) is 13.8 Å². The van der Waals surface area contributed by atoms with Gasteiger partial charge in [-0.05, 0) is 212 Å². The topological polar surface area (TPSA) is 6.48 Å². The van der Waals surface area contributed by atoms with Crippen LogP contribution in [0.1, 0.15) is 36.1 Å². The predicted octanol–water partition coefficient (Wildman–Crippen LogP) is 25.8. The number of rotatable bonds is 9. The van der Waals surface area contributed by atoms with Gasteiger partial charge >= 0.3 is 0 Å². The number of benzene rings is 17. The summed E-state index contributed by atoms with van der Waals surface area (Å²) in [5, 5.41) is 20.1. The molecule has 0 saturated carbocycles. The van der Waals surface area contributed by atoms with Crippen LogP contribution < -0.4 is 9.80 Å². The van der Waals surface area contributed by atoms with Gasteiger partial charge < -0.3 is 9.80 Å². The molecule has 0 fully saturated rings. The van der Waals surface area contributed by atoms with Gasteiger partial charge in [0.05, 0.1) is 11.4 Å². The van der Waals surface area contributed by atoms with Crippen molar-refractivity contribution in [1.29, 1.82) is 0 Å². The van der Waals surface area contributed by atoms with Crippen LogP contribution in [0.2, 0.25) is 0 Å². The zero-order valence-corrected chi connectivity index (χ0v) is 52.4. The minimum atomic E-state index is -0.307. The number of hydrogen-bond donors (Lipinski definition) is 0. The Bertz CT molecular complexity index is 5850. The second-order valence-electron chi connectivity index (χ2n) is 26.0. The highest BCUT2D eigenvalue weighted by atomic mass is 15.2. The van der Waals surface area contributed by atoms with Gasteiger partial charge in [-0.3, -0.25) is 0 Å². The summed E-state index contributed by atoms with van der Waals surface area (Å²) in [6.45, 7) is 9.43. The monoisotopic (exact) mass is 1180 g/mol. The predicted molar refractivity (Wildman–Crippen MR) is 399 cm³/mol. The fraction of sp³-hybridized carbons (Fsp3) is 0.0549. The van der Waals surface area contributed by atoms with Gasteiger partial charge in [-0.15, -0.1) is 0 Å². The lowest BCUT2D eigenvalue weighted by Crippen LogP contribution is -2.17. The van der Waals surface area contributed by atoms with Crippen molar-refractivity contribution in [3.8, 4) is 44.5 Å². The van der Waals surface area contributed by atoms with E-state index in [9.17, 15) is 0 Å². The van der Waals surface area contributed by atoms with E-state index in [1.165, 1.54) is 131 Å². The molecule has 1 aliphatic rings. The normalized spacial score (nSPS) is 12.6. The highest BCUT2D eigenvalue weighted by molar-refractivity contribution is 6.28. The summed E-state index contributed by atoms with van der Waals surface area (Å²) >= 11 is 0. The van der Waals surface area contributed by atoms with Crippen LogP contribution in [-0.4, -0.2) is 0 Å². The molecule has 0 N–H and O–H groups in total. The van der Waals surface area contributed by atoms with Crippen LogP contribution >= 0.6 is 0 Å². The Kier molecular flexibility index (Phi) is 12.4. The molecule has 18 rings (SSSR count). The van der Waals surface area contributed by atoms with Crippen molar-refractivity contribution in [2.45, 2.75) is 33.1 Å². The molecule has 0 spiro atoms. The fourth-order valence-electron chi connectivity index (χ4n) is 15.9. The van der Waals surface area contributed by atoms with Crippen LogP contribution in [0.15, 0.2) is 315 Å². The lowest BCUT2D eigenvalue weighted by Gasteiger charge is -2.33. The molecule has 1 aliphatic carbocycles. The van der Waals surface area contributed by atoms with Crippen molar-refractivity contribution in [2.75, 3.05) is 9.80 Å². The first-order chi connectivity index (χ1) is 45.7. The van der Waals surface area contributed by atoms with E-state index in [2.05, 4.69) is 353 Å². The minimum absolute atomic E-state index is 0.307. The molecule has 0 aliphatic heterocycles. The molecule has 0 amide bonds. The van der Waals surface area contributed by atoms with Gasteiger partial charge in [0.25, 0.3) is 0 Å². The average Bonchev–Trinajstić information content (AvgIpc) is 1.68. The van der Waals surface area contributed by atoms with E-state index < -0.39 is 0 Å². The third-order valence-electron chi connectivity index (χ3n) is 20.4. The molecule has 0 heterocycles. The maximum atomic E-state index is 2.55. The molecule has 17 aromatic carbocycles. The van der Waals surface area contributed by atoms with Gasteiger partial charge in [0.1, 0.15) is 0 Å². The lowest BCUT2D eigenvalue weighted by atomic mass is 9.81. The smallest absolute Gasteiger partial charge is 0.0619 e.